The molecule has 0 bridgehead atoms. The molecule has 0 heterocycles. The Labute approximate surface area is 106 Å². The van der Waals surface area contributed by atoms with Crippen LogP contribution in [-0.2, 0) is 4.79 Å². The number of hydrogen-bond donors (Lipinski definition) is 0. The second-order valence-corrected chi connectivity index (χ2v) is 5.82. The van der Waals surface area contributed by atoms with Crippen molar-refractivity contribution in [3.05, 3.63) is 0 Å². The van der Waals surface area contributed by atoms with Gasteiger partial charge in [0, 0.05) is 24.9 Å². The summed E-state index contributed by atoms with van der Waals surface area (Å²) in [5, 5.41) is 0. The van der Waals surface area contributed by atoms with Crippen molar-refractivity contribution in [1.29, 1.82) is 0 Å². The molecule has 2 aliphatic carbocycles. The van der Waals surface area contributed by atoms with Crippen molar-refractivity contribution in [2.75, 3.05) is 13.1 Å². The van der Waals surface area contributed by atoms with Crippen molar-refractivity contribution in [1.82, 2.24) is 4.90 Å². The minimum absolute atomic E-state index is 0.0525. The molecular formula is C13H20F3NO. The lowest BCUT2D eigenvalue weighted by molar-refractivity contribution is -0.151. The summed E-state index contributed by atoms with van der Waals surface area (Å²) in [6.45, 7) is 1.51. The lowest BCUT2D eigenvalue weighted by atomic mass is 9.81. The molecule has 2 unspecified atom stereocenters. The molecule has 2 fully saturated rings. The summed E-state index contributed by atoms with van der Waals surface area (Å²) in [5.41, 5.74) is 0. The molecule has 0 aromatic rings. The first kappa shape index (κ1) is 13.8. The zero-order valence-corrected chi connectivity index (χ0v) is 10.7. The SMILES string of the molecule is CC1CCC(=O)C(CN(CC(F)(F)F)C2CC2)C1. The molecule has 2 atom stereocenters. The van der Waals surface area contributed by atoms with Gasteiger partial charge >= 0.3 is 6.18 Å². The summed E-state index contributed by atoms with van der Waals surface area (Å²) in [4.78, 5) is 13.2. The van der Waals surface area contributed by atoms with Crippen LogP contribution in [0, 0.1) is 11.8 Å². The Balaban J connectivity index is 1.93. The Bertz CT molecular complexity index is 312. The Morgan fingerprint density at radius 1 is 1.28 bits per heavy atom. The number of ketones is 1. The molecule has 0 aromatic heterocycles. The first-order chi connectivity index (χ1) is 8.35. The van der Waals surface area contributed by atoms with Gasteiger partial charge in [-0.3, -0.25) is 9.69 Å². The second-order valence-electron chi connectivity index (χ2n) is 5.82. The zero-order chi connectivity index (χ0) is 13.3. The molecule has 2 rings (SSSR count). The molecular weight excluding hydrogens is 243 g/mol. The van der Waals surface area contributed by atoms with Gasteiger partial charge in [-0.2, -0.15) is 13.2 Å². The first-order valence-electron chi connectivity index (χ1n) is 6.68. The van der Waals surface area contributed by atoms with Crippen LogP contribution in [0.3, 0.4) is 0 Å². The van der Waals surface area contributed by atoms with E-state index in [2.05, 4.69) is 6.92 Å². The molecule has 2 saturated carbocycles. The van der Waals surface area contributed by atoms with Crippen molar-refractivity contribution in [2.45, 2.75) is 51.2 Å². The van der Waals surface area contributed by atoms with E-state index >= 15 is 0 Å². The molecule has 0 N–H and O–H groups in total. The van der Waals surface area contributed by atoms with Crippen LogP contribution in [0.2, 0.25) is 0 Å². The van der Waals surface area contributed by atoms with Gasteiger partial charge in [-0.05, 0) is 31.6 Å². The van der Waals surface area contributed by atoms with Crippen LogP contribution in [-0.4, -0.2) is 36.0 Å². The average Bonchev–Trinajstić information content (AvgIpc) is 3.04. The van der Waals surface area contributed by atoms with Crippen LogP contribution < -0.4 is 0 Å². The minimum atomic E-state index is -4.16. The second kappa shape index (κ2) is 5.19. The molecule has 18 heavy (non-hydrogen) atoms. The van der Waals surface area contributed by atoms with E-state index in [1.807, 2.05) is 0 Å². The quantitative estimate of drug-likeness (QED) is 0.777. The highest BCUT2D eigenvalue weighted by molar-refractivity contribution is 5.81. The Morgan fingerprint density at radius 3 is 2.50 bits per heavy atom. The van der Waals surface area contributed by atoms with Gasteiger partial charge in [0.25, 0.3) is 0 Å². The highest BCUT2D eigenvalue weighted by Crippen LogP contribution is 2.33. The fraction of sp³-hybridized carbons (Fsp3) is 0.923. The third-order valence-corrected chi connectivity index (χ3v) is 3.93. The molecule has 0 radical (unpaired) electrons. The fourth-order valence-electron chi connectivity index (χ4n) is 2.80. The van der Waals surface area contributed by atoms with Crippen LogP contribution in [0.4, 0.5) is 13.2 Å². The van der Waals surface area contributed by atoms with Crippen molar-refractivity contribution in [2.24, 2.45) is 11.8 Å². The van der Waals surface area contributed by atoms with Crippen molar-refractivity contribution < 1.29 is 18.0 Å². The van der Waals surface area contributed by atoms with E-state index in [0.29, 0.717) is 18.9 Å². The smallest absolute Gasteiger partial charge is 0.299 e. The summed E-state index contributed by atoms with van der Waals surface area (Å²) < 4.78 is 37.5. The minimum Gasteiger partial charge on any atom is -0.299 e. The summed E-state index contributed by atoms with van der Waals surface area (Å²) in [7, 11) is 0. The maximum Gasteiger partial charge on any atom is 0.401 e. The summed E-state index contributed by atoms with van der Waals surface area (Å²) >= 11 is 0. The average molecular weight is 263 g/mol. The van der Waals surface area contributed by atoms with Gasteiger partial charge in [-0.15, -0.1) is 0 Å². The Hall–Kier alpha value is -0.580. The van der Waals surface area contributed by atoms with Gasteiger partial charge in [0.15, 0.2) is 0 Å². The number of halogens is 3. The van der Waals surface area contributed by atoms with Crippen LogP contribution in [0.1, 0.15) is 39.0 Å². The van der Waals surface area contributed by atoms with E-state index in [1.165, 1.54) is 4.90 Å². The molecule has 0 aliphatic heterocycles. The summed E-state index contributed by atoms with van der Waals surface area (Å²) in [6.07, 6.45) is -0.306. The van der Waals surface area contributed by atoms with E-state index in [-0.39, 0.29) is 17.7 Å². The number of carbonyl (C=O) groups is 1. The molecule has 5 heteroatoms. The molecule has 0 saturated heterocycles. The maximum absolute atomic E-state index is 12.5. The normalized spacial score (nSPS) is 29.9. The van der Waals surface area contributed by atoms with E-state index in [0.717, 1.165) is 25.7 Å². The van der Waals surface area contributed by atoms with E-state index in [9.17, 15) is 18.0 Å². The number of alkyl halides is 3. The zero-order valence-electron chi connectivity index (χ0n) is 10.7. The molecule has 2 nitrogen and oxygen atoms in total. The van der Waals surface area contributed by atoms with Crippen molar-refractivity contribution in [3.8, 4) is 0 Å². The highest BCUT2D eigenvalue weighted by Gasteiger charge is 2.40. The van der Waals surface area contributed by atoms with Crippen molar-refractivity contribution in [3.63, 3.8) is 0 Å². The molecule has 0 aromatic carbocycles. The maximum atomic E-state index is 12.5. The van der Waals surface area contributed by atoms with Crippen LogP contribution >= 0.6 is 0 Å². The van der Waals surface area contributed by atoms with Crippen LogP contribution in [0.5, 0.6) is 0 Å². The standard InChI is InChI=1S/C13H20F3NO/c1-9-2-5-12(18)10(6-9)7-17(11-3-4-11)8-13(14,15)16/h9-11H,2-8H2,1H3. The Kier molecular flexibility index (Phi) is 3.99. The molecule has 2 aliphatic rings. The number of nitrogens with zero attached hydrogens (tertiary/aromatic N) is 1. The third kappa shape index (κ3) is 3.97. The lowest BCUT2D eigenvalue weighted by Gasteiger charge is -2.31. The number of Topliss-reactive ketones (excluding diaryl/α,β-unsaturated/α-hetero) is 1. The van der Waals surface area contributed by atoms with Gasteiger partial charge in [-0.1, -0.05) is 6.92 Å². The number of carbonyl (C=O) groups excluding carboxylic acids is 1. The molecule has 0 amide bonds. The van der Waals surface area contributed by atoms with E-state index in [4.69, 9.17) is 0 Å². The molecule has 0 spiro atoms. The van der Waals surface area contributed by atoms with Gasteiger partial charge in [0.1, 0.15) is 5.78 Å². The number of hydrogen-bond acceptors (Lipinski definition) is 2. The van der Waals surface area contributed by atoms with E-state index in [1.54, 1.807) is 0 Å². The predicted octanol–water partition coefficient (Wildman–Crippen LogP) is 3.02. The van der Waals surface area contributed by atoms with Crippen LogP contribution in [0.15, 0.2) is 0 Å². The first-order valence-corrected chi connectivity index (χ1v) is 6.68. The van der Waals surface area contributed by atoms with Gasteiger partial charge in [-0.25, -0.2) is 0 Å². The van der Waals surface area contributed by atoms with Gasteiger partial charge in [0.05, 0.1) is 6.54 Å². The van der Waals surface area contributed by atoms with E-state index < -0.39 is 12.7 Å². The number of rotatable bonds is 4. The molecule has 104 valence electrons. The van der Waals surface area contributed by atoms with Crippen LogP contribution in [0.25, 0.3) is 0 Å². The van der Waals surface area contributed by atoms with Gasteiger partial charge in [0.2, 0.25) is 0 Å². The fourth-order valence-corrected chi connectivity index (χ4v) is 2.80. The van der Waals surface area contributed by atoms with Gasteiger partial charge < -0.3 is 0 Å². The monoisotopic (exact) mass is 263 g/mol. The predicted molar refractivity (Wildman–Crippen MR) is 62.2 cm³/mol. The third-order valence-electron chi connectivity index (χ3n) is 3.93. The Morgan fingerprint density at radius 2 is 1.94 bits per heavy atom. The summed E-state index contributed by atoms with van der Waals surface area (Å²) in [6, 6.07) is 0.0525. The summed E-state index contributed by atoms with van der Waals surface area (Å²) in [5.74, 6) is 0.428. The van der Waals surface area contributed by atoms with Crippen molar-refractivity contribution >= 4 is 5.78 Å². The highest BCUT2D eigenvalue weighted by atomic mass is 19.4. The largest absolute Gasteiger partial charge is 0.401 e. The lowest BCUT2D eigenvalue weighted by Crippen LogP contribution is -2.42. The topological polar surface area (TPSA) is 20.3 Å².